The van der Waals surface area contributed by atoms with E-state index in [1.807, 2.05) is 9.12 Å². The van der Waals surface area contributed by atoms with Crippen molar-refractivity contribution >= 4 is 34.4 Å². The second-order valence-corrected chi connectivity index (χ2v) is 8.21. The van der Waals surface area contributed by atoms with Crippen molar-refractivity contribution in [2.75, 3.05) is 11.5 Å². The summed E-state index contributed by atoms with van der Waals surface area (Å²) in [5.74, 6) is 3.00. The zero-order chi connectivity index (χ0) is 4.41. The van der Waals surface area contributed by atoms with Gasteiger partial charge in [-0.2, -0.15) is 0 Å². The molecule has 0 aromatic heterocycles. The molecular weight excluding hydrogens is 173 g/mol. The Hall–Kier alpha value is 1.24. The van der Waals surface area contributed by atoms with Crippen LogP contribution in [0.5, 0.6) is 0 Å². The van der Waals surface area contributed by atoms with Gasteiger partial charge in [0.05, 0.1) is 0 Å². The Morgan fingerprint density at radius 3 is 2.17 bits per heavy atom. The van der Waals surface area contributed by atoms with Crippen LogP contribution in [0.4, 0.5) is 0 Å². The van der Waals surface area contributed by atoms with Crippen LogP contribution in [0, 0.1) is 0 Å². The molecule has 0 nitrogen and oxygen atoms in total. The van der Waals surface area contributed by atoms with Crippen LogP contribution in [0.25, 0.3) is 0 Å². The average molecular weight is 179 g/mol. The molecular formula is C3H6GeS2+. The molecule has 0 unspecified atom stereocenters. The van der Waals surface area contributed by atoms with E-state index in [0.717, 1.165) is 9.93 Å². The molecule has 6 heavy (non-hydrogen) atoms. The summed E-state index contributed by atoms with van der Waals surface area (Å²) in [5.41, 5.74) is 0. The molecule has 1 aliphatic heterocycles. The molecule has 3 heteroatoms. The molecule has 0 saturated carbocycles. The molecule has 1 aliphatic rings. The Morgan fingerprint density at radius 2 is 2.17 bits per heavy atom. The van der Waals surface area contributed by atoms with Crippen molar-refractivity contribution in [3.8, 4) is 0 Å². The number of hydrogen-bond donors (Lipinski definition) is 0. The molecule has 3 radical (unpaired) electrons. The van der Waals surface area contributed by atoms with Crippen molar-refractivity contribution in [3.63, 3.8) is 0 Å². The molecule has 1 rings (SSSR count). The van der Waals surface area contributed by atoms with Crippen molar-refractivity contribution in [2.45, 2.75) is 6.42 Å². The first kappa shape index (κ1) is 5.38. The predicted molar refractivity (Wildman–Crippen MR) is 35.1 cm³/mol. The van der Waals surface area contributed by atoms with Crippen LogP contribution >= 0.6 is 9.12 Å². The second kappa shape index (κ2) is 2.53. The third-order valence-electron chi connectivity index (χ3n) is 0.862. The van der Waals surface area contributed by atoms with E-state index in [-0.39, 0.29) is 0 Å². The van der Waals surface area contributed by atoms with E-state index in [4.69, 9.17) is 0 Å². The topological polar surface area (TPSA) is 0 Å². The van der Waals surface area contributed by atoms with Gasteiger partial charge in [-0.1, -0.05) is 0 Å². The van der Waals surface area contributed by atoms with Gasteiger partial charge in [-0.05, 0) is 0 Å². The molecule has 0 N–H and O–H groups in total. The van der Waals surface area contributed by atoms with E-state index in [9.17, 15) is 0 Å². The minimum absolute atomic E-state index is 0.813. The zero-order valence-corrected chi connectivity index (χ0v) is 7.17. The normalized spacial score (nSPS) is 23.5. The van der Waals surface area contributed by atoms with Gasteiger partial charge in [-0.3, -0.25) is 0 Å². The van der Waals surface area contributed by atoms with Gasteiger partial charge in [-0.15, -0.1) is 0 Å². The molecule has 0 amide bonds. The van der Waals surface area contributed by atoms with E-state index in [2.05, 4.69) is 15.4 Å². The SMILES string of the molecule is [Ge][S][S+]1CCC1. The molecule has 0 aromatic carbocycles. The fourth-order valence-corrected chi connectivity index (χ4v) is 5.39. The molecule has 0 bridgehead atoms. The van der Waals surface area contributed by atoms with Crippen molar-refractivity contribution < 1.29 is 0 Å². The summed E-state index contributed by atoms with van der Waals surface area (Å²) in [6.07, 6.45) is 1.49. The van der Waals surface area contributed by atoms with Gasteiger partial charge in [0.15, 0.2) is 0 Å². The minimum atomic E-state index is 0.813. The fraction of sp³-hybridized carbons (Fsp3) is 1.00. The second-order valence-electron chi connectivity index (χ2n) is 1.28. The van der Waals surface area contributed by atoms with Crippen LogP contribution in [0.1, 0.15) is 6.42 Å². The summed E-state index contributed by atoms with van der Waals surface area (Å²) >= 11 is 2.21. The third-order valence-corrected chi connectivity index (χ3v) is 8.74. The monoisotopic (exact) mass is 180 g/mol. The first-order valence-corrected chi connectivity index (χ1v) is 7.41. The quantitative estimate of drug-likeness (QED) is 0.325. The standard InChI is InChI=1S/C3H6GeS2/c4-5-6-2-1-3-6/h1-3H2/q+1. The van der Waals surface area contributed by atoms with Crippen LogP contribution in [-0.4, -0.2) is 26.9 Å². The number of rotatable bonds is 1. The van der Waals surface area contributed by atoms with Gasteiger partial charge in [0.25, 0.3) is 0 Å². The van der Waals surface area contributed by atoms with Crippen molar-refractivity contribution in [3.05, 3.63) is 0 Å². The van der Waals surface area contributed by atoms with E-state index in [1.54, 1.807) is 0 Å². The van der Waals surface area contributed by atoms with E-state index >= 15 is 0 Å². The average Bonchev–Trinajstić information content (AvgIpc) is 1.31. The van der Waals surface area contributed by atoms with Crippen molar-refractivity contribution in [2.24, 2.45) is 0 Å². The van der Waals surface area contributed by atoms with E-state index in [0.29, 0.717) is 0 Å². The molecule has 1 heterocycles. The van der Waals surface area contributed by atoms with Crippen LogP contribution in [0.3, 0.4) is 0 Å². The van der Waals surface area contributed by atoms with Gasteiger partial charge in [-0.25, -0.2) is 0 Å². The Balaban J connectivity index is 2.01. The molecule has 0 atom stereocenters. The van der Waals surface area contributed by atoms with E-state index in [1.165, 1.54) is 17.9 Å². The first-order valence-electron chi connectivity index (χ1n) is 1.95. The van der Waals surface area contributed by atoms with Crippen LogP contribution in [0.15, 0.2) is 0 Å². The predicted octanol–water partition coefficient (Wildman–Crippen LogP) is 0.740. The molecule has 1 fully saturated rings. The van der Waals surface area contributed by atoms with Crippen LogP contribution in [-0.2, 0) is 9.93 Å². The van der Waals surface area contributed by atoms with Gasteiger partial charge in [0.1, 0.15) is 0 Å². The molecule has 33 valence electrons. The van der Waals surface area contributed by atoms with Gasteiger partial charge < -0.3 is 0 Å². The van der Waals surface area contributed by atoms with Crippen molar-refractivity contribution in [1.29, 1.82) is 0 Å². The maximum absolute atomic E-state index is 2.21. The molecule has 0 aromatic rings. The van der Waals surface area contributed by atoms with Crippen LogP contribution < -0.4 is 0 Å². The molecule has 0 aliphatic carbocycles. The Morgan fingerprint density at radius 1 is 1.50 bits per heavy atom. The van der Waals surface area contributed by atoms with Crippen molar-refractivity contribution in [1.82, 2.24) is 0 Å². The summed E-state index contributed by atoms with van der Waals surface area (Å²) < 4.78 is 0. The summed E-state index contributed by atoms with van der Waals surface area (Å²) in [5, 5.41) is 0. The van der Waals surface area contributed by atoms with E-state index < -0.39 is 0 Å². The van der Waals surface area contributed by atoms with Gasteiger partial charge in [0, 0.05) is 0 Å². The summed E-state index contributed by atoms with van der Waals surface area (Å²) in [6, 6.07) is 0. The van der Waals surface area contributed by atoms with Gasteiger partial charge >= 0.3 is 52.3 Å². The summed E-state index contributed by atoms with van der Waals surface area (Å²) in [4.78, 5) is 0. The summed E-state index contributed by atoms with van der Waals surface area (Å²) in [6.45, 7) is 0. The fourth-order valence-electron chi connectivity index (χ4n) is 0.346. The Labute approximate surface area is 52.4 Å². The summed E-state index contributed by atoms with van der Waals surface area (Å²) in [7, 11) is 2.85. The van der Waals surface area contributed by atoms with Crippen LogP contribution in [0.2, 0.25) is 0 Å². The molecule has 0 spiro atoms. The number of hydrogen-bond acceptors (Lipinski definition) is 1. The Kier molecular flexibility index (Phi) is 2.27. The Bertz CT molecular complexity index is 41.3. The maximum atomic E-state index is 2.21. The molecule has 1 saturated heterocycles. The van der Waals surface area contributed by atoms with Gasteiger partial charge in [0.2, 0.25) is 0 Å². The first-order chi connectivity index (χ1) is 2.93. The zero-order valence-electron chi connectivity index (χ0n) is 3.44. The third kappa shape index (κ3) is 1.10.